The summed E-state index contributed by atoms with van der Waals surface area (Å²) in [6.07, 6.45) is 1.53. The summed E-state index contributed by atoms with van der Waals surface area (Å²) in [5, 5.41) is 0. The molecule has 0 bridgehead atoms. The number of ether oxygens (including phenoxy) is 1. The average Bonchev–Trinajstić information content (AvgIpc) is 3.16. The first kappa shape index (κ1) is 17.3. The molecule has 130 valence electrons. The maximum atomic E-state index is 12.9. The van der Waals surface area contributed by atoms with E-state index in [1.54, 1.807) is 42.5 Å². The monoisotopic (exact) mass is 357 g/mol. The van der Waals surface area contributed by atoms with Crippen LogP contribution in [0.25, 0.3) is 0 Å². The van der Waals surface area contributed by atoms with Gasteiger partial charge in [0.25, 0.3) is 0 Å². The van der Waals surface area contributed by atoms with E-state index in [9.17, 15) is 8.42 Å². The Hall–Kier alpha value is -2.57. The van der Waals surface area contributed by atoms with Gasteiger partial charge in [0, 0.05) is 6.54 Å². The second kappa shape index (κ2) is 8.00. The second-order valence-corrected chi connectivity index (χ2v) is 7.33. The minimum Gasteiger partial charge on any atom is -0.492 e. The van der Waals surface area contributed by atoms with Crippen LogP contribution >= 0.6 is 0 Å². The van der Waals surface area contributed by atoms with E-state index < -0.39 is 10.0 Å². The Kier molecular flexibility index (Phi) is 5.53. The molecule has 6 heteroatoms. The van der Waals surface area contributed by atoms with Gasteiger partial charge in [-0.05, 0) is 36.4 Å². The molecule has 0 aliphatic carbocycles. The Morgan fingerprint density at radius 1 is 0.880 bits per heavy atom. The summed E-state index contributed by atoms with van der Waals surface area (Å²) in [4.78, 5) is 0.251. The Labute approximate surface area is 147 Å². The van der Waals surface area contributed by atoms with Crippen LogP contribution in [0.15, 0.2) is 88.4 Å². The largest absolute Gasteiger partial charge is 0.492 e. The van der Waals surface area contributed by atoms with Crippen LogP contribution in [0.1, 0.15) is 5.76 Å². The molecule has 0 aliphatic heterocycles. The maximum Gasteiger partial charge on any atom is 0.243 e. The first-order valence-electron chi connectivity index (χ1n) is 7.92. The molecular weight excluding hydrogens is 338 g/mol. The fraction of sp³-hybridized carbons (Fsp3) is 0.158. The Morgan fingerprint density at radius 3 is 2.20 bits per heavy atom. The highest BCUT2D eigenvalue weighted by molar-refractivity contribution is 7.89. The van der Waals surface area contributed by atoms with Gasteiger partial charge < -0.3 is 9.15 Å². The number of furan rings is 1. The SMILES string of the molecule is O=S(=O)(c1ccccc1)N(CCOc1ccccc1)Cc1ccco1. The molecule has 3 rings (SSSR count). The standard InChI is InChI=1S/C19H19NO4S/c21-25(22,19-11-5-2-6-12-19)20(16-18-10-7-14-23-18)13-15-24-17-8-3-1-4-9-17/h1-12,14H,13,15-16H2. The topological polar surface area (TPSA) is 59.8 Å². The number of hydrogen-bond acceptors (Lipinski definition) is 4. The van der Waals surface area contributed by atoms with E-state index in [1.807, 2.05) is 30.3 Å². The molecule has 5 nitrogen and oxygen atoms in total. The van der Waals surface area contributed by atoms with Gasteiger partial charge in [-0.1, -0.05) is 36.4 Å². The summed E-state index contributed by atoms with van der Waals surface area (Å²) in [7, 11) is -3.64. The summed E-state index contributed by atoms with van der Waals surface area (Å²) in [6, 6.07) is 21.2. The van der Waals surface area contributed by atoms with Crippen molar-refractivity contribution in [3.05, 3.63) is 84.8 Å². The highest BCUT2D eigenvalue weighted by Gasteiger charge is 2.25. The number of sulfonamides is 1. The van der Waals surface area contributed by atoms with Crippen LogP contribution in [0.2, 0.25) is 0 Å². The van der Waals surface area contributed by atoms with Crippen molar-refractivity contribution in [2.75, 3.05) is 13.2 Å². The van der Waals surface area contributed by atoms with Gasteiger partial charge in [-0.3, -0.25) is 0 Å². The lowest BCUT2D eigenvalue weighted by molar-refractivity contribution is 0.261. The molecule has 3 aromatic rings. The Morgan fingerprint density at radius 2 is 1.56 bits per heavy atom. The smallest absolute Gasteiger partial charge is 0.243 e. The van der Waals surface area contributed by atoms with E-state index >= 15 is 0 Å². The highest BCUT2D eigenvalue weighted by Crippen LogP contribution is 2.18. The van der Waals surface area contributed by atoms with Crippen molar-refractivity contribution in [1.82, 2.24) is 4.31 Å². The second-order valence-electron chi connectivity index (χ2n) is 5.39. The van der Waals surface area contributed by atoms with Gasteiger partial charge in [-0.15, -0.1) is 0 Å². The van der Waals surface area contributed by atoms with Gasteiger partial charge in [-0.2, -0.15) is 4.31 Å². The number of nitrogens with zero attached hydrogens (tertiary/aromatic N) is 1. The van der Waals surface area contributed by atoms with Gasteiger partial charge >= 0.3 is 0 Å². The number of benzene rings is 2. The summed E-state index contributed by atoms with van der Waals surface area (Å²) >= 11 is 0. The highest BCUT2D eigenvalue weighted by atomic mass is 32.2. The van der Waals surface area contributed by atoms with E-state index in [-0.39, 0.29) is 24.6 Å². The lowest BCUT2D eigenvalue weighted by Crippen LogP contribution is -2.34. The molecule has 0 atom stereocenters. The zero-order valence-electron chi connectivity index (χ0n) is 13.6. The zero-order chi connectivity index (χ0) is 17.5. The molecule has 0 saturated heterocycles. The molecule has 0 amide bonds. The van der Waals surface area contributed by atoms with Gasteiger partial charge in [0.15, 0.2) is 0 Å². The van der Waals surface area contributed by atoms with E-state index in [0.717, 1.165) is 0 Å². The summed E-state index contributed by atoms with van der Waals surface area (Å²) in [6.45, 7) is 0.617. The molecule has 1 aromatic heterocycles. The average molecular weight is 357 g/mol. The Balaban J connectivity index is 1.75. The molecule has 0 fully saturated rings. The number of para-hydroxylation sites is 1. The molecular formula is C19H19NO4S. The maximum absolute atomic E-state index is 12.9. The Bertz CT molecular complexity index is 862. The van der Waals surface area contributed by atoms with Crippen LogP contribution in [0.4, 0.5) is 0 Å². The zero-order valence-corrected chi connectivity index (χ0v) is 14.4. The molecule has 25 heavy (non-hydrogen) atoms. The van der Waals surface area contributed by atoms with E-state index in [0.29, 0.717) is 11.5 Å². The summed E-state index contributed by atoms with van der Waals surface area (Å²) < 4.78 is 38.2. The van der Waals surface area contributed by atoms with Crippen LogP contribution in [-0.2, 0) is 16.6 Å². The third-order valence-corrected chi connectivity index (χ3v) is 5.51. The van der Waals surface area contributed by atoms with Crippen LogP contribution < -0.4 is 4.74 Å². The first-order valence-corrected chi connectivity index (χ1v) is 9.36. The molecule has 1 heterocycles. The number of hydrogen-bond donors (Lipinski definition) is 0. The third-order valence-electron chi connectivity index (χ3n) is 3.65. The van der Waals surface area contributed by atoms with Gasteiger partial charge in [0.1, 0.15) is 18.1 Å². The van der Waals surface area contributed by atoms with Crippen molar-refractivity contribution in [2.24, 2.45) is 0 Å². The minimum absolute atomic E-state index is 0.155. The fourth-order valence-corrected chi connectivity index (χ4v) is 3.80. The third kappa shape index (κ3) is 4.49. The van der Waals surface area contributed by atoms with Gasteiger partial charge in [0.05, 0.1) is 17.7 Å². The fourth-order valence-electron chi connectivity index (χ4n) is 2.38. The first-order chi connectivity index (χ1) is 12.2. The molecule has 0 N–H and O–H groups in total. The van der Waals surface area contributed by atoms with Crippen LogP contribution in [0.5, 0.6) is 5.75 Å². The molecule has 0 saturated carbocycles. The van der Waals surface area contributed by atoms with E-state index in [2.05, 4.69) is 0 Å². The normalized spacial score (nSPS) is 11.6. The van der Waals surface area contributed by atoms with Crippen molar-refractivity contribution in [3.8, 4) is 5.75 Å². The van der Waals surface area contributed by atoms with Gasteiger partial charge in [0.2, 0.25) is 10.0 Å². The van der Waals surface area contributed by atoms with Crippen LogP contribution in [0.3, 0.4) is 0 Å². The van der Waals surface area contributed by atoms with Crippen molar-refractivity contribution in [1.29, 1.82) is 0 Å². The van der Waals surface area contributed by atoms with Crippen molar-refractivity contribution >= 4 is 10.0 Å². The summed E-state index contributed by atoms with van der Waals surface area (Å²) in [5.41, 5.74) is 0. The molecule has 2 aromatic carbocycles. The van der Waals surface area contributed by atoms with Crippen molar-refractivity contribution in [3.63, 3.8) is 0 Å². The van der Waals surface area contributed by atoms with E-state index in [4.69, 9.17) is 9.15 Å². The quantitative estimate of drug-likeness (QED) is 0.619. The van der Waals surface area contributed by atoms with Crippen molar-refractivity contribution < 1.29 is 17.6 Å². The molecule has 0 unspecified atom stereocenters. The number of rotatable bonds is 8. The molecule has 0 spiro atoms. The van der Waals surface area contributed by atoms with E-state index in [1.165, 1.54) is 10.6 Å². The van der Waals surface area contributed by atoms with Crippen LogP contribution in [0, 0.1) is 0 Å². The lowest BCUT2D eigenvalue weighted by atomic mass is 10.3. The van der Waals surface area contributed by atoms with Gasteiger partial charge in [-0.25, -0.2) is 8.42 Å². The lowest BCUT2D eigenvalue weighted by Gasteiger charge is -2.21. The predicted octanol–water partition coefficient (Wildman–Crippen LogP) is 3.55. The predicted molar refractivity (Wildman–Crippen MR) is 94.7 cm³/mol. The van der Waals surface area contributed by atoms with Crippen LogP contribution in [-0.4, -0.2) is 25.9 Å². The summed E-state index contributed by atoms with van der Waals surface area (Å²) in [5.74, 6) is 1.29. The minimum atomic E-state index is -3.64. The van der Waals surface area contributed by atoms with Crippen molar-refractivity contribution in [2.45, 2.75) is 11.4 Å². The molecule has 0 radical (unpaired) electrons. The molecule has 0 aliphatic rings.